The van der Waals surface area contributed by atoms with E-state index >= 15 is 0 Å². The van der Waals surface area contributed by atoms with Gasteiger partial charge in [-0.3, -0.25) is 9.59 Å². The fraction of sp³-hybridized carbons (Fsp3) is 0.143. The number of ketones is 1. The molecule has 6 nitrogen and oxygen atoms in total. The predicted molar refractivity (Wildman–Crippen MR) is 104 cm³/mol. The number of carbonyl (C=O) groups excluding carboxylic acids is 2. The topological polar surface area (TPSA) is 75.2 Å². The van der Waals surface area contributed by atoms with Gasteiger partial charge < -0.3 is 10.2 Å². The fourth-order valence-electron chi connectivity index (χ4n) is 2.61. The molecule has 0 unspecified atom stereocenters. The lowest BCUT2D eigenvalue weighted by atomic mass is 10.1. The molecule has 0 aliphatic rings. The monoisotopic (exact) mass is 360 g/mol. The number of carbonyl (C=O) groups is 2. The first-order valence-corrected chi connectivity index (χ1v) is 8.53. The number of rotatable bonds is 6. The molecule has 0 atom stereocenters. The van der Waals surface area contributed by atoms with E-state index in [0.29, 0.717) is 29.4 Å². The first-order chi connectivity index (χ1) is 13.0. The van der Waals surface area contributed by atoms with Gasteiger partial charge in [0, 0.05) is 31.0 Å². The molecule has 136 valence electrons. The Labute approximate surface area is 157 Å². The third kappa shape index (κ3) is 4.76. The van der Waals surface area contributed by atoms with Gasteiger partial charge in [0.05, 0.1) is 0 Å². The number of amides is 1. The molecule has 3 rings (SSSR count). The number of anilines is 2. The Morgan fingerprint density at radius 2 is 1.81 bits per heavy atom. The van der Waals surface area contributed by atoms with Crippen molar-refractivity contribution in [1.82, 2.24) is 14.9 Å². The number of Topliss-reactive ketones (excluding diaryl/α,β-unsaturated/α-hetero) is 1. The summed E-state index contributed by atoms with van der Waals surface area (Å²) in [5.74, 6) is 0.0856. The van der Waals surface area contributed by atoms with Crippen molar-refractivity contribution in [3.05, 3.63) is 83.7 Å². The van der Waals surface area contributed by atoms with Crippen molar-refractivity contribution < 1.29 is 9.59 Å². The van der Waals surface area contributed by atoms with E-state index in [1.54, 1.807) is 36.2 Å². The number of hydrogen-bond acceptors (Lipinski definition) is 5. The second-order valence-electron chi connectivity index (χ2n) is 6.17. The van der Waals surface area contributed by atoms with Crippen LogP contribution in [0.25, 0.3) is 0 Å². The summed E-state index contributed by atoms with van der Waals surface area (Å²) in [6.07, 6.45) is 1.54. The van der Waals surface area contributed by atoms with Crippen LogP contribution in [0.5, 0.6) is 0 Å². The molecule has 2 aromatic carbocycles. The molecule has 0 saturated heterocycles. The van der Waals surface area contributed by atoms with E-state index in [2.05, 4.69) is 15.3 Å². The van der Waals surface area contributed by atoms with Crippen LogP contribution in [0.1, 0.15) is 33.3 Å². The van der Waals surface area contributed by atoms with Crippen molar-refractivity contribution in [3.8, 4) is 0 Å². The maximum Gasteiger partial charge on any atom is 0.272 e. The molecule has 1 heterocycles. The molecular weight excluding hydrogens is 340 g/mol. The third-order valence-electron chi connectivity index (χ3n) is 4.01. The standard InChI is InChI=1S/C21H20N4O2/c1-15(26)17-9-6-10-18(13-17)23-21-22-12-11-19(24-21)20(27)25(2)14-16-7-4-3-5-8-16/h3-13H,14H2,1-2H3,(H,22,23,24). The van der Waals surface area contributed by atoms with E-state index < -0.39 is 0 Å². The highest BCUT2D eigenvalue weighted by atomic mass is 16.2. The van der Waals surface area contributed by atoms with Crippen LogP contribution >= 0.6 is 0 Å². The van der Waals surface area contributed by atoms with Crippen molar-refractivity contribution in [3.63, 3.8) is 0 Å². The Hall–Kier alpha value is -3.54. The van der Waals surface area contributed by atoms with Gasteiger partial charge in [0.1, 0.15) is 5.69 Å². The number of nitrogens with zero attached hydrogens (tertiary/aromatic N) is 3. The largest absolute Gasteiger partial charge is 0.336 e. The molecule has 1 N–H and O–H groups in total. The summed E-state index contributed by atoms with van der Waals surface area (Å²) in [5, 5.41) is 3.04. The summed E-state index contributed by atoms with van der Waals surface area (Å²) >= 11 is 0. The number of hydrogen-bond donors (Lipinski definition) is 1. The summed E-state index contributed by atoms with van der Waals surface area (Å²) in [6, 6.07) is 18.4. The predicted octanol–water partition coefficient (Wildman–Crippen LogP) is 3.70. The van der Waals surface area contributed by atoms with Crippen LogP contribution in [-0.2, 0) is 6.54 Å². The van der Waals surface area contributed by atoms with Gasteiger partial charge in [-0.15, -0.1) is 0 Å². The maximum atomic E-state index is 12.7. The minimum absolute atomic E-state index is 0.0222. The van der Waals surface area contributed by atoms with Crippen LogP contribution in [0.2, 0.25) is 0 Å². The molecule has 1 amide bonds. The average molecular weight is 360 g/mol. The molecule has 0 fully saturated rings. The molecule has 6 heteroatoms. The highest BCUT2D eigenvalue weighted by Crippen LogP contribution is 2.16. The zero-order valence-electron chi connectivity index (χ0n) is 15.2. The quantitative estimate of drug-likeness (QED) is 0.679. The third-order valence-corrected chi connectivity index (χ3v) is 4.01. The number of aromatic nitrogens is 2. The summed E-state index contributed by atoms with van der Waals surface area (Å²) in [4.78, 5) is 34.2. The van der Waals surface area contributed by atoms with Gasteiger partial charge in [-0.05, 0) is 30.7 Å². The molecular formula is C21H20N4O2. The Bertz CT molecular complexity index is 957. The first-order valence-electron chi connectivity index (χ1n) is 8.53. The summed E-state index contributed by atoms with van der Waals surface area (Å²) in [6.45, 7) is 2.00. The molecule has 0 saturated carbocycles. The summed E-state index contributed by atoms with van der Waals surface area (Å²) in [7, 11) is 1.74. The SMILES string of the molecule is CC(=O)c1cccc(Nc2nccc(C(=O)N(C)Cc3ccccc3)n2)c1. The van der Waals surface area contributed by atoms with Crippen LogP contribution in [0.3, 0.4) is 0 Å². The zero-order valence-corrected chi connectivity index (χ0v) is 15.2. The van der Waals surface area contributed by atoms with E-state index in [-0.39, 0.29) is 11.7 Å². The second-order valence-corrected chi connectivity index (χ2v) is 6.17. The van der Waals surface area contributed by atoms with Crippen LogP contribution in [-0.4, -0.2) is 33.6 Å². The Balaban J connectivity index is 1.74. The van der Waals surface area contributed by atoms with Crippen molar-refractivity contribution >= 4 is 23.3 Å². The molecule has 0 aliphatic carbocycles. The van der Waals surface area contributed by atoms with Gasteiger partial charge >= 0.3 is 0 Å². The van der Waals surface area contributed by atoms with Crippen molar-refractivity contribution in [2.24, 2.45) is 0 Å². The Kier molecular flexibility index (Phi) is 5.56. The van der Waals surface area contributed by atoms with Crippen molar-refractivity contribution in [2.75, 3.05) is 12.4 Å². The van der Waals surface area contributed by atoms with Gasteiger partial charge in [0.25, 0.3) is 5.91 Å². The van der Waals surface area contributed by atoms with Crippen LogP contribution in [0, 0.1) is 0 Å². The van der Waals surface area contributed by atoms with Crippen LogP contribution < -0.4 is 5.32 Å². The maximum absolute atomic E-state index is 12.7. The smallest absolute Gasteiger partial charge is 0.272 e. The van der Waals surface area contributed by atoms with Crippen LogP contribution in [0.4, 0.5) is 11.6 Å². The Morgan fingerprint density at radius 3 is 2.56 bits per heavy atom. The lowest BCUT2D eigenvalue weighted by molar-refractivity contribution is 0.0779. The minimum atomic E-state index is -0.193. The van der Waals surface area contributed by atoms with Gasteiger partial charge in [0.2, 0.25) is 5.95 Å². The van der Waals surface area contributed by atoms with Gasteiger partial charge in [-0.25, -0.2) is 9.97 Å². The molecule has 0 spiro atoms. The molecule has 0 radical (unpaired) electrons. The van der Waals surface area contributed by atoms with Gasteiger partial charge in [0.15, 0.2) is 5.78 Å². The van der Waals surface area contributed by atoms with Gasteiger partial charge in [-0.2, -0.15) is 0 Å². The molecule has 0 aliphatic heterocycles. The van der Waals surface area contributed by atoms with E-state index in [1.807, 2.05) is 36.4 Å². The van der Waals surface area contributed by atoms with E-state index in [1.165, 1.54) is 13.1 Å². The average Bonchev–Trinajstić information content (AvgIpc) is 2.68. The van der Waals surface area contributed by atoms with Crippen molar-refractivity contribution in [2.45, 2.75) is 13.5 Å². The van der Waals surface area contributed by atoms with Crippen molar-refractivity contribution in [1.29, 1.82) is 0 Å². The highest BCUT2D eigenvalue weighted by molar-refractivity contribution is 5.95. The van der Waals surface area contributed by atoms with E-state index in [0.717, 1.165) is 5.56 Å². The van der Waals surface area contributed by atoms with Crippen LogP contribution in [0.15, 0.2) is 66.9 Å². The van der Waals surface area contributed by atoms with E-state index in [4.69, 9.17) is 0 Å². The Morgan fingerprint density at radius 1 is 1.04 bits per heavy atom. The van der Waals surface area contributed by atoms with Gasteiger partial charge in [-0.1, -0.05) is 42.5 Å². The minimum Gasteiger partial charge on any atom is -0.336 e. The summed E-state index contributed by atoms with van der Waals surface area (Å²) in [5.41, 5.74) is 2.62. The number of nitrogens with one attached hydrogen (secondary N) is 1. The number of benzene rings is 2. The first kappa shape index (κ1) is 18.3. The molecule has 27 heavy (non-hydrogen) atoms. The molecule has 3 aromatic rings. The normalized spacial score (nSPS) is 10.3. The summed E-state index contributed by atoms with van der Waals surface area (Å²) < 4.78 is 0. The molecule has 0 bridgehead atoms. The lowest BCUT2D eigenvalue weighted by Gasteiger charge is -2.17. The van der Waals surface area contributed by atoms with E-state index in [9.17, 15) is 9.59 Å². The lowest BCUT2D eigenvalue weighted by Crippen LogP contribution is -2.27. The fourth-order valence-corrected chi connectivity index (χ4v) is 2.61. The molecule has 1 aromatic heterocycles. The highest BCUT2D eigenvalue weighted by Gasteiger charge is 2.14. The second kappa shape index (κ2) is 8.23. The zero-order chi connectivity index (χ0) is 19.2.